The van der Waals surface area contributed by atoms with Crippen LogP contribution in [0.15, 0.2) is 24.3 Å². The predicted octanol–water partition coefficient (Wildman–Crippen LogP) is 4.17. The average molecular weight is 389 g/mol. The van der Waals surface area contributed by atoms with Crippen molar-refractivity contribution in [2.24, 2.45) is 5.92 Å². The van der Waals surface area contributed by atoms with Crippen LogP contribution in [0.5, 0.6) is 0 Å². The molecule has 2 N–H and O–H groups in total. The van der Waals surface area contributed by atoms with Gasteiger partial charge >= 0.3 is 0 Å². The molecule has 1 atom stereocenters. The quantitative estimate of drug-likeness (QED) is 0.631. The standard InChI is InChI=1S/C20H28N4O2S/c1-5-6-7-11-16(25)21-17(13(2)3)18(26)22-20-24-23-19(27-20)15-10-8-9-14(4)12-15/h8-10,12-13,17H,5-7,11H2,1-4H3,(H,21,25)(H,22,24,26)/t17-/m1/s1. The summed E-state index contributed by atoms with van der Waals surface area (Å²) in [7, 11) is 0. The summed E-state index contributed by atoms with van der Waals surface area (Å²) in [4.78, 5) is 24.7. The summed E-state index contributed by atoms with van der Waals surface area (Å²) in [6.45, 7) is 7.93. The van der Waals surface area contributed by atoms with Crippen LogP contribution in [0.25, 0.3) is 10.6 Å². The molecule has 0 saturated carbocycles. The van der Waals surface area contributed by atoms with E-state index in [1.807, 2.05) is 45.0 Å². The topological polar surface area (TPSA) is 84.0 Å². The smallest absolute Gasteiger partial charge is 0.249 e. The number of amides is 2. The number of hydrogen-bond donors (Lipinski definition) is 2. The molecule has 0 radical (unpaired) electrons. The second kappa shape index (κ2) is 10.2. The third kappa shape index (κ3) is 6.43. The summed E-state index contributed by atoms with van der Waals surface area (Å²) in [5, 5.41) is 15.1. The van der Waals surface area contributed by atoms with E-state index in [-0.39, 0.29) is 17.7 Å². The summed E-state index contributed by atoms with van der Waals surface area (Å²) in [5.41, 5.74) is 2.11. The van der Waals surface area contributed by atoms with Crippen molar-refractivity contribution >= 4 is 28.3 Å². The molecule has 0 aliphatic carbocycles. The lowest BCUT2D eigenvalue weighted by Gasteiger charge is -2.21. The van der Waals surface area contributed by atoms with Gasteiger partial charge in [-0.15, -0.1) is 10.2 Å². The number of unbranched alkanes of at least 4 members (excludes halogenated alkanes) is 2. The second-order valence-electron chi connectivity index (χ2n) is 7.02. The van der Waals surface area contributed by atoms with E-state index in [1.165, 1.54) is 11.3 Å². The van der Waals surface area contributed by atoms with Gasteiger partial charge in [0.05, 0.1) is 0 Å². The lowest BCUT2D eigenvalue weighted by atomic mass is 10.0. The number of anilines is 1. The molecule has 0 spiro atoms. The maximum absolute atomic E-state index is 12.6. The molecule has 0 aliphatic rings. The number of rotatable bonds is 9. The molecule has 1 aromatic carbocycles. The molecule has 2 amide bonds. The van der Waals surface area contributed by atoms with E-state index in [0.717, 1.165) is 35.4 Å². The molecule has 6 nitrogen and oxygen atoms in total. The fourth-order valence-electron chi connectivity index (χ4n) is 2.67. The monoisotopic (exact) mass is 388 g/mol. The molecule has 0 fully saturated rings. The molecule has 27 heavy (non-hydrogen) atoms. The van der Waals surface area contributed by atoms with Crippen LogP contribution in [0.1, 0.15) is 52.0 Å². The van der Waals surface area contributed by atoms with Crippen molar-refractivity contribution < 1.29 is 9.59 Å². The maximum Gasteiger partial charge on any atom is 0.249 e. The fourth-order valence-corrected chi connectivity index (χ4v) is 3.41. The van der Waals surface area contributed by atoms with Gasteiger partial charge < -0.3 is 5.32 Å². The molecule has 2 aromatic rings. The van der Waals surface area contributed by atoms with Gasteiger partial charge in [0, 0.05) is 12.0 Å². The Balaban J connectivity index is 2.00. The summed E-state index contributed by atoms with van der Waals surface area (Å²) >= 11 is 1.32. The van der Waals surface area contributed by atoms with Crippen molar-refractivity contribution in [3.8, 4) is 10.6 Å². The highest BCUT2D eigenvalue weighted by Crippen LogP contribution is 2.27. The van der Waals surface area contributed by atoms with Gasteiger partial charge in [0.15, 0.2) is 0 Å². The highest BCUT2D eigenvalue weighted by atomic mass is 32.1. The van der Waals surface area contributed by atoms with Crippen LogP contribution < -0.4 is 10.6 Å². The number of nitrogens with one attached hydrogen (secondary N) is 2. The molecular formula is C20H28N4O2S. The van der Waals surface area contributed by atoms with Crippen molar-refractivity contribution in [3.05, 3.63) is 29.8 Å². The van der Waals surface area contributed by atoms with Gasteiger partial charge in [-0.2, -0.15) is 0 Å². The Hall–Kier alpha value is -2.28. The van der Waals surface area contributed by atoms with E-state index < -0.39 is 6.04 Å². The zero-order valence-corrected chi connectivity index (χ0v) is 17.2. The number of aryl methyl sites for hydroxylation is 1. The first-order valence-electron chi connectivity index (χ1n) is 9.41. The Morgan fingerprint density at radius 3 is 2.63 bits per heavy atom. The number of aromatic nitrogens is 2. The maximum atomic E-state index is 12.6. The molecule has 0 saturated heterocycles. The van der Waals surface area contributed by atoms with Crippen molar-refractivity contribution in [1.29, 1.82) is 0 Å². The van der Waals surface area contributed by atoms with Gasteiger partial charge in [0.1, 0.15) is 11.0 Å². The Labute approximate surface area is 164 Å². The van der Waals surface area contributed by atoms with Gasteiger partial charge in [-0.3, -0.25) is 14.9 Å². The van der Waals surface area contributed by atoms with Crippen LogP contribution in [0.4, 0.5) is 5.13 Å². The van der Waals surface area contributed by atoms with Gasteiger partial charge in [-0.05, 0) is 25.3 Å². The normalized spacial score (nSPS) is 12.0. The number of carbonyl (C=O) groups excluding carboxylic acids is 2. The van der Waals surface area contributed by atoms with Crippen LogP contribution in [-0.4, -0.2) is 28.1 Å². The lowest BCUT2D eigenvalue weighted by Crippen LogP contribution is -2.47. The highest BCUT2D eigenvalue weighted by Gasteiger charge is 2.25. The fraction of sp³-hybridized carbons (Fsp3) is 0.500. The van der Waals surface area contributed by atoms with Crippen LogP contribution in [0, 0.1) is 12.8 Å². The first kappa shape index (κ1) is 21.0. The van der Waals surface area contributed by atoms with Gasteiger partial charge in [-0.25, -0.2) is 0 Å². The van der Waals surface area contributed by atoms with Gasteiger partial charge in [0.2, 0.25) is 16.9 Å². The third-order valence-electron chi connectivity index (χ3n) is 4.19. The molecule has 0 bridgehead atoms. The number of carbonyl (C=O) groups is 2. The minimum atomic E-state index is -0.592. The second-order valence-corrected chi connectivity index (χ2v) is 7.99. The van der Waals surface area contributed by atoms with E-state index >= 15 is 0 Å². The SMILES string of the molecule is CCCCCC(=O)N[C@@H](C(=O)Nc1nnc(-c2cccc(C)c2)s1)C(C)C. The highest BCUT2D eigenvalue weighted by molar-refractivity contribution is 7.18. The van der Waals surface area contributed by atoms with Crippen molar-refractivity contribution in [2.45, 2.75) is 59.4 Å². The lowest BCUT2D eigenvalue weighted by molar-refractivity contribution is -0.127. The Morgan fingerprint density at radius 2 is 1.96 bits per heavy atom. The molecule has 7 heteroatoms. The van der Waals surface area contributed by atoms with Crippen molar-refractivity contribution in [2.75, 3.05) is 5.32 Å². The molecule has 0 aliphatic heterocycles. The van der Waals surface area contributed by atoms with Crippen molar-refractivity contribution in [1.82, 2.24) is 15.5 Å². The molecule has 2 rings (SSSR count). The predicted molar refractivity (Wildman–Crippen MR) is 110 cm³/mol. The summed E-state index contributed by atoms with van der Waals surface area (Å²) in [6.07, 6.45) is 3.35. The van der Waals surface area contributed by atoms with Crippen LogP contribution in [0.3, 0.4) is 0 Å². The Morgan fingerprint density at radius 1 is 1.19 bits per heavy atom. The van der Waals surface area contributed by atoms with E-state index in [1.54, 1.807) is 0 Å². The zero-order valence-electron chi connectivity index (χ0n) is 16.4. The third-order valence-corrected chi connectivity index (χ3v) is 5.08. The molecule has 1 heterocycles. The van der Waals surface area contributed by atoms with Gasteiger partial charge in [0.25, 0.3) is 0 Å². The first-order valence-corrected chi connectivity index (χ1v) is 10.2. The largest absolute Gasteiger partial charge is 0.344 e. The summed E-state index contributed by atoms with van der Waals surface area (Å²) in [6, 6.07) is 7.38. The van der Waals surface area contributed by atoms with E-state index in [9.17, 15) is 9.59 Å². The molecule has 0 unspecified atom stereocenters. The van der Waals surface area contributed by atoms with Crippen molar-refractivity contribution in [3.63, 3.8) is 0 Å². The van der Waals surface area contributed by atoms with Crippen LogP contribution >= 0.6 is 11.3 Å². The molecule has 1 aromatic heterocycles. The average Bonchev–Trinajstić information content (AvgIpc) is 3.08. The van der Waals surface area contributed by atoms with E-state index in [2.05, 4.69) is 27.8 Å². The Kier molecular flexibility index (Phi) is 7.91. The summed E-state index contributed by atoms with van der Waals surface area (Å²) in [5.74, 6) is -0.375. The van der Waals surface area contributed by atoms with Gasteiger partial charge in [-0.1, -0.05) is 68.7 Å². The minimum Gasteiger partial charge on any atom is -0.344 e. The zero-order chi connectivity index (χ0) is 19.8. The number of hydrogen-bond acceptors (Lipinski definition) is 5. The number of benzene rings is 1. The van der Waals surface area contributed by atoms with E-state index in [0.29, 0.717) is 11.6 Å². The number of nitrogens with zero attached hydrogens (tertiary/aromatic N) is 2. The molecule has 146 valence electrons. The summed E-state index contributed by atoms with van der Waals surface area (Å²) < 4.78 is 0. The van der Waals surface area contributed by atoms with E-state index in [4.69, 9.17) is 0 Å². The first-order chi connectivity index (χ1) is 12.9. The van der Waals surface area contributed by atoms with Crippen LogP contribution in [-0.2, 0) is 9.59 Å². The van der Waals surface area contributed by atoms with Crippen LogP contribution in [0.2, 0.25) is 0 Å². The Bertz CT molecular complexity index is 773. The molecular weight excluding hydrogens is 360 g/mol. The minimum absolute atomic E-state index is 0.0238.